The molecule has 128 valence electrons. The van der Waals surface area contributed by atoms with Gasteiger partial charge in [0.1, 0.15) is 6.54 Å². The van der Waals surface area contributed by atoms with E-state index in [1.165, 1.54) is 6.54 Å². The maximum absolute atomic E-state index is 4.96. The highest BCUT2D eigenvalue weighted by Gasteiger charge is 2.09. The minimum absolute atomic E-state index is 0. The van der Waals surface area contributed by atoms with Crippen LogP contribution in [0.4, 0.5) is 0 Å². The molecule has 0 aromatic heterocycles. The molecule has 0 aromatic rings. The fourth-order valence-corrected chi connectivity index (χ4v) is 0.897. The Morgan fingerprint density at radius 1 is 1.00 bits per heavy atom. The van der Waals surface area contributed by atoms with E-state index >= 15 is 0 Å². The molecule has 6 heteroatoms. The van der Waals surface area contributed by atoms with Crippen molar-refractivity contribution < 1.29 is 30.9 Å². The predicted molar refractivity (Wildman–Crippen MR) is 89.3 cm³/mol. The fraction of sp³-hybridized carbons (Fsp3) is 1.00. The molecule has 0 aliphatic rings. The molecule has 0 fully saturated rings. The normalized spacial score (nSPS) is 9.90. The van der Waals surface area contributed by atoms with Gasteiger partial charge in [-0.15, -0.1) is 0 Å². The van der Waals surface area contributed by atoms with Crippen LogP contribution in [0.5, 0.6) is 0 Å². The number of hydrogen-bond acceptors (Lipinski definition) is 3. The Morgan fingerprint density at radius 3 is 1.55 bits per heavy atom. The fourth-order valence-electron chi connectivity index (χ4n) is 0.574. The van der Waals surface area contributed by atoms with Crippen LogP contribution in [-0.4, -0.2) is 90.0 Å². The zero-order valence-corrected chi connectivity index (χ0v) is 17.9. The van der Waals surface area contributed by atoms with Crippen molar-refractivity contribution in [2.75, 3.05) is 80.6 Å². The summed E-state index contributed by atoms with van der Waals surface area (Å²) in [7, 11) is 12.0. The van der Waals surface area contributed by atoms with Crippen LogP contribution in [0.3, 0.4) is 0 Å². The van der Waals surface area contributed by atoms with Crippen molar-refractivity contribution in [3.05, 3.63) is 0 Å². The third-order valence-electron chi connectivity index (χ3n) is 2.67. The molecule has 0 radical (unpaired) electrons. The maximum Gasteiger partial charge on any atom is 0.102 e. The summed E-state index contributed by atoms with van der Waals surface area (Å²) in [5.41, 5.74) is 0. The van der Waals surface area contributed by atoms with Crippen LogP contribution >= 0.6 is 15.9 Å². The van der Waals surface area contributed by atoms with Gasteiger partial charge in [0.05, 0.1) is 33.9 Å². The summed E-state index contributed by atoms with van der Waals surface area (Å²) in [6.45, 7) is 9.40. The molecule has 0 amide bonds. The van der Waals surface area contributed by atoms with Crippen molar-refractivity contribution in [2.45, 2.75) is 13.8 Å². The summed E-state index contributed by atoms with van der Waals surface area (Å²) in [6.07, 6.45) is 0. The van der Waals surface area contributed by atoms with Crippen molar-refractivity contribution in [3.63, 3.8) is 0 Å². The lowest BCUT2D eigenvalue weighted by molar-refractivity contribution is -0.888. The van der Waals surface area contributed by atoms with Crippen LogP contribution < -0.4 is 17.0 Å². The maximum atomic E-state index is 4.96. The van der Waals surface area contributed by atoms with Crippen molar-refractivity contribution in [1.29, 1.82) is 0 Å². The lowest BCUT2D eigenvalue weighted by Crippen LogP contribution is -3.00. The monoisotopic (exact) mass is 422 g/mol. The predicted octanol–water partition coefficient (Wildman–Crippen LogP) is -0.671. The summed E-state index contributed by atoms with van der Waals surface area (Å²) in [5.74, 6) is 0. The van der Waals surface area contributed by atoms with Crippen LogP contribution in [0, 0.1) is 0 Å². The Bertz CT molecular complexity index is 158. The standard InChI is InChI=1S/C7H18NO.C4H11N.C3H7BrO.BrH/c1-5-8(2,3)6-7-9-4;1-4-5(2)3;1-5-3-2-4;/h5-7H2,1-4H3;4H2,1-3H3;2-3H2,1H3;1H/q+1;;;/p-1. The lowest BCUT2D eigenvalue weighted by atomic mass is 10.4. The number of hydrogen-bond donors (Lipinski definition) is 0. The first kappa shape index (κ1) is 28.9. The minimum Gasteiger partial charge on any atom is -1.00 e. The van der Waals surface area contributed by atoms with E-state index in [1.807, 2.05) is 0 Å². The van der Waals surface area contributed by atoms with Crippen LogP contribution in [0.25, 0.3) is 0 Å². The third kappa shape index (κ3) is 36.4. The van der Waals surface area contributed by atoms with Crippen LogP contribution in [0.2, 0.25) is 0 Å². The molecule has 0 atom stereocenters. The summed E-state index contributed by atoms with van der Waals surface area (Å²) in [4.78, 5) is 2.12. The summed E-state index contributed by atoms with van der Waals surface area (Å²) in [5, 5.41) is 0.934. The molecule has 0 saturated carbocycles. The minimum atomic E-state index is 0. The molecule has 4 nitrogen and oxygen atoms in total. The number of likely N-dealkylation sites (N-methyl/N-ethyl adjacent to an activating group) is 1. The van der Waals surface area contributed by atoms with Gasteiger partial charge in [-0.1, -0.05) is 22.9 Å². The number of ether oxygens (including phenoxy) is 2. The van der Waals surface area contributed by atoms with Gasteiger partial charge in [0.25, 0.3) is 0 Å². The summed E-state index contributed by atoms with van der Waals surface area (Å²) < 4.78 is 10.7. The molecule has 0 heterocycles. The van der Waals surface area contributed by atoms with Gasteiger partial charge < -0.3 is 35.8 Å². The zero-order chi connectivity index (χ0) is 15.7. The second-order valence-electron chi connectivity index (χ2n) is 5.05. The van der Waals surface area contributed by atoms with E-state index in [9.17, 15) is 0 Å². The van der Waals surface area contributed by atoms with E-state index in [4.69, 9.17) is 4.74 Å². The van der Waals surface area contributed by atoms with Gasteiger partial charge in [-0.25, -0.2) is 0 Å². The van der Waals surface area contributed by atoms with Gasteiger partial charge in [-0.3, -0.25) is 0 Å². The van der Waals surface area contributed by atoms with E-state index in [1.54, 1.807) is 14.2 Å². The number of quaternary nitrogens is 1. The van der Waals surface area contributed by atoms with E-state index in [0.717, 1.165) is 36.1 Å². The average molecular weight is 424 g/mol. The van der Waals surface area contributed by atoms with Gasteiger partial charge in [-0.2, -0.15) is 0 Å². The highest BCUT2D eigenvalue weighted by atomic mass is 79.9. The largest absolute Gasteiger partial charge is 1.00 e. The van der Waals surface area contributed by atoms with Crippen LogP contribution in [0.1, 0.15) is 13.8 Å². The second-order valence-corrected chi connectivity index (χ2v) is 5.84. The Kier molecular flexibility index (Phi) is 31.9. The first-order valence-electron chi connectivity index (χ1n) is 6.81. The molecular weight excluding hydrogens is 388 g/mol. The Hall–Kier alpha value is 0.800. The van der Waals surface area contributed by atoms with Crippen molar-refractivity contribution in [3.8, 4) is 0 Å². The molecule has 0 aliphatic heterocycles. The lowest BCUT2D eigenvalue weighted by Gasteiger charge is -2.27. The first-order chi connectivity index (χ1) is 8.81. The SMILES string of the molecule is CCN(C)C.CC[N+](C)(C)CCOC.COCCBr.[Br-]. The molecule has 0 aliphatic carbocycles. The molecular formula is C14H36Br2N2O2. The van der Waals surface area contributed by atoms with Gasteiger partial charge in [0, 0.05) is 19.5 Å². The molecule has 0 bridgehead atoms. The quantitative estimate of drug-likeness (QED) is 0.400. The van der Waals surface area contributed by atoms with Gasteiger partial charge in [0.15, 0.2) is 0 Å². The summed E-state index contributed by atoms with van der Waals surface area (Å²) >= 11 is 3.18. The highest BCUT2D eigenvalue weighted by Crippen LogP contribution is 1.93. The molecule has 0 spiro atoms. The van der Waals surface area contributed by atoms with E-state index in [-0.39, 0.29) is 17.0 Å². The topological polar surface area (TPSA) is 21.7 Å². The second kappa shape index (κ2) is 22.1. The van der Waals surface area contributed by atoms with Crippen molar-refractivity contribution in [2.24, 2.45) is 0 Å². The number of rotatable bonds is 7. The molecule has 0 aromatic carbocycles. The molecule has 0 N–H and O–H groups in total. The average Bonchev–Trinajstić information content (AvgIpc) is 2.39. The van der Waals surface area contributed by atoms with Crippen LogP contribution in [-0.2, 0) is 9.47 Å². The number of halogens is 2. The Balaban J connectivity index is -0.000000101. The smallest absolute Gasteiger partial charge is 0.102 e. The molecule has 20 heavy (non-hydrogen) atoms. The number of nitrogens with zero attached hydrogens (tertiary/aromatic N) is 2. The van der Waals surface area contributed by atoms with Crippen molar-refractivity contribution in [1.82, 2.24) is 4.90 Å². The van der Waals surface area contributed by atoms with E-state index < -0.39 is 0 Å². The Labute approximate surface area is 146 Å². The third-order valence-corrected chi connectivity index (χ3v) is 2.99. The van der Waals surface area contributed by atoms with E-state index in [0.29, 0.717) is 0 Å². The molecule has 0 rings (SSSR count). The molecule has 0 saturated heterocycles. The van der Waals surface area contributed by atoms with E-state index in [2.05, 4.69) is 67.6 Å². The van der Waals surface area contributed by atoms with Gasteiger partial charge >= 0.3 is 0 Å². The van der Waals surface area contributed by atoms with Gasteiger partial charge in [-0.05, 0) is 27.6 Å². The van der Waals surface area contributed by atoms with Crippen molar-refractivity contribution >= 4 is 15.9 Å². The molecule has 0 unspecified atom stereocenters. The number of alkyl halides is 1. The summed E-state index contributed by atoms with van der Waals surface area (Å²) in [6, 6.07) is 0. The number of methoxy groups -OCH3 is 2. The first-order valence-corrected chi connectivity index (χ1v) is 7.93. The van der Waals surface area contributed by atoms with Gasteiger partial charge in [0.2, 0.25) is 0 Å². The Morgan fingerprint density at radius 2 is 1.40 bits per heavy atom. The zero-order valence-electron chi connectivity index (χ0n) is 14.7. The highest BCUT2D eigenvalue weighted by molar-refractivity contribution is 9.09. The van der Waals surface area contributed by atoms with Crippen LogP contribution in [0.15, 0.2) is 0 Å².